The number of rotatable bonds is 13. The van der Waals surface area contributed by atoms with Crippen LogP contribution < -0.4 is 19.7 Å². The van der Waals surface area contributed by atoms with Crippen molar-refractivity contribution in [2.45, 2.75) is 54.9 Å². The molecule has 2 aromatic heterocycles. The summed E-state index contributed by atoms with van der Waals surface area (Å²) in [5.41, 5.74) is 4.17. The first kappa shape index (κ1) is 40.0. The number of alkyl halides is 2. The van der Waals surface area contributed by atoms with E-state index in [1.807, 2.05) is 24.3 Å². The summed E-state index contributed by atoms with van der Waals surface area (Å²) in [5.74, 6) is -2.99. The third-order valence-corrected chi connectivity index (χ3v) is 13.0. The van der Waals surface area contributed by atoms with Gasteiger partial charge in [0.1, 0.15) is 22.8 Å². The quantitative estimate of drug-likeness (QED) is 0.0752. The lowest BCUT2D eigenvalue weighted by Crippen LogP contribution is -2.31. The minimum atomic E-state index is -4.62. The van der Waals surface area contributed by atoms with Crippen LogP contribution in [0.5, 0.6) is 11.5 Å². The molecule has 314 valence electrons. The SMILES string of the molecule is O=C(NS(=O)(=O)c1ccc(NCC2CCOCC2)c([N+](=O)[O-])c1)c1ccc(-c2ccc(N3CC(F)(F)C[C@@H]3c3ccccc3C3CC3)cc2)cc1Oc1cnc2[nH]ccc2c1. The molecule has 3 aliphatic rings. The maximum atomic E-state index is 15.1. The number of H-pyrrole nitrogens is 1. The molecule has 0 unspecified atom stereocenters. The molecule has 1 aliphatic carbocycles. The van der Waals surface area contributed by atoms with E-state index in [0.717, 1.165) is 48.3 Å². The first-order chi connectivity index (χ1) is 29.4. The number of nitrogens with zero attached hydrogens (tertiary/aromatic N) is 3. The number of ether oxygens (including phenoxy) is 2. The molecule has 1 amide bonds. The van der Waals surface area contributed by atoms with Crippen molar-refractivity contribution in [3.05, 3.63) is 136 Å². The average molecular weight is 849 g/mol. The van der Waals surface area contributed by atoms with E-state index >= 15 is 8.78 Å². The van der Waals surface area contributed by atoms with E-state index in [9.17, 15) is 23.3 Å². The lowest BCUT2D eigenvalue weighted by Gasteiger charge is -2.28. The highest BCUT2D eigenvalue weighted by molar-refractivity contribution is 7.90. The number of nitrogens with one attached hydrogen (secondary N) is 3. The second kappa shape index (κ2) is 16.2. The molecule has 9 rings (SSSR count). The van der Waals surface area contributed by atoms with Gasteiger partial charge >= 0.3 is 0 Å². The Morgan fingerprint density at radius 1 is 0.951 bits per heavy atom. The Bertz CT molecular complexity index is 2740. The first-order valence-electron chi connectivity index (χ1n) is 20.2. The molecule has 4 aromatic carbocycles. The van der Waals surface area contributed by atoms with Crippen LogP contribution in [0.4, 0.5) is 25.8 Å². The van der Waals surface area contributed by atoms with E-state index < -0.39 is 49.9 Å². The van der Waals surface area contributed by atoms with Crippen LogP contribution in [0.1, 0.15) is 65.5 Å². The predicted octanol–water partition coefficient (Wildman–Crippen LogP) is 9.35. The van der Waals surface area contributed by atoms with Gasteiger partial charge in [-0.2, -0.15) is 0 Å². The predicted molar refractivity (Wildman–Crippen MR) is 226 cm³/mol. The average Bonchev–Trinajstić information content (AvgIpc) is 3.91. The van der Waals surface area contributed by atoms with Crippen LogP contribution >= 0.6 is 0 Å². The van der Waals surface area contributed by atoms with Crippen LogP contribution in [0, 0.1) is 16.0 Å². The third kappa shape index (κ3) is 8.63. The molecule has 0 bridgehead atoms. The van der Waals surface area contributed by atoms with Crippen LogP contribution in [0.15, 0.2) is 114 Å². The van der Waals surface area contributed by atoms with Crippen molar-refractivity contribution in [3.63, 3.8) is 0 Å². The number of halogens is 2. The fourth-order valence-electron chi connectivity index (χ4n) is 8.29. The van der Waals surface area contributed by atoms with Crippen LogP contribution in [-0.4, -0.2) is 61.4 Å². The Morgan fingerprint density at radius 2 is 1.70 bits per heavy atom. The molecule has 3 fully saturated rings. The summed E-state index contributed by atoms with van der Waals surface area (Å²) >= 11 is 0. The summed E-state index contributed by atoms with van der Waals surface area (Å²) in [5, 5.41) is 15.9. The fraction of sp³-hybridized carbons (Fsp3) is 0.289. The van der Waals surface area contributed by atoms with Crippen molar-refractivity contribution in [3.8, 4) is 22.6 Å². The lowest BCUT2D eigenvalue weighted by atomic mass is 9.94. The zero-order chi connectivity index (χ0) is 42.3. The highest BCUT2D eigenvalue weighted by atomic mass is 32.2. The van der Waals surface area contributed by atoms with E-state index in [1.165, 1.54) is 24.4 Å². The largest absolute Gasteiger partial charge is 0.455 e. The molecule has 13 nitrogen and oxygen atoms in total. The number of hydrogen-bond donors (Lipinski definition) is 3. The van der Waals surface area contributed by atoms with Gasteiger partial charge in [0.2, 0.25) is 0 Å². The summed E-state index contributed by atoms with van der Waals surface area (Å²) < 4.78 is 71.1. The standard InChI is InChI=1S/C45H42F2N6O7S/c46-45(47)24-41(37-4-2-1-3-36(37)30-5-6-30)52(27-45)33-10-7-29(8-11-33)31-9-13-38(42(22-31)60-34-21-32-15-18-48-43(32)50-26-34)44(54)51-61(57,58)35-12-14-39(40(23-35)53(55)56)49-25-28-16-19-59-20-17-28/h1-4,7-15,18,21-23,26,28,30,41,49H,5-6,16-17,19-20,24-25,27H2,(H,48,50)(H,51,54)/t41-/m1/s1. The number of carbonyl (C=O) groups is 1. The molecule has 1 atom stereocenters. The van der Waals surface area contributed by atoms with E-state index in [-0.39, 0.29) is 35.1 Å². The molecule has 2 aliphatic heterocycles. The number of aromatic amines is 1. The molecule has 2 saturated heterocycles. The number of sulfonamides is 1. The van der Waals surface area contributed by atoms with E-state index in [0.29, 0.717) is 48.1 Å². The van der Waals surface area contributed by atoms with E-state index in [4.69, 9.17) is 9.47 Å². The molecule has 6 aromatic rings. The second-order valence-electron chi connectivity index (χ2n) is 15.9. The molecule has 0 spiro atoms. The monoisotopic (exact) mass is 848 g/mol. The Labute approximate surface area is 350 Å². The molecular weight excluding hydrogens is 807 g/mol. The topological polar surface area (TPSA) is 169 Å². The van der Waals surface area contributed by atoms with Crippen LogP contribution in [0.3, 0.4) is 0 Å². The summed E-state index contributed by atoms with van der Waals surface area (Å²) in [6.07, 6.45) is 6.61. The molecule has 61 heavy (non-hydrogen) atoms. The van der Waals surface area contributed by atoms with Gasteiger partial charge in [-0.15, -0.1) is 0 Å². The highest BCUT2D eigenvalue weighted by Crippen LogP contribution is 2.49. The van der Waals surface area contributed by atoms with Crippen molar-refractivity contribution in [2.75, 3.05) is 36.5 Å². The van der Waals surface area contributed by atoms with Gasteiger partial charge in [0, 0.05) is 49.5 Å². The molecule has 3 N–H and O–H groups in total. The zero-order valence-electron chi connectivity index (χ0n) is 32.9. The summed E-state index contributed by atoms with van der Waals surface area (Å²) in [7, 11) is -4.62. The summed E-state index contributed by atoms with van der Waals surface area (Å²) in [6.45, 7) is 1.25. The number of pyridine rings is 1. The van der Waals surface area contributed by atoms with Gasteiger partial charge in [-0.25, -0.2) is 26.9 Å². The van der Waals surface area contributed by atoms with E-state index in [1.54, 1.807) is 59.6 Å². The van der Waals surface area contributed by atoms with Crippen LogP contribution in [0.25, 0.3) is 22.2 Å². The van der Waals surface area contributed by atoms with Gasteiger partial charge < -0.3 is 24.7 Å². The van der Waals surface area contributed by atoms with Gasteiger partial charge in [0.25, 0.3) is 27.5 Å². The number of benzene rings is 4. The normalized spacial score (nSPS) is 17.9. The van der Waals surface area contributed by atoms with Gasteiger partial charge in [-0.1, -0.05) is 42.5 Å². The van der Waals surface area contributed by atoms with Gasteiger partial charge in [-0.05, 0) is 108 Å². The van der Waals surface area contributed by atoms with Crippen molar-refractivity contribution < 1.29 is 36.4 Å². The van der Waals surface area contributed by atoms with Crippen molar-refractivity contribution in [1.82, 2.24) is 14.7 Å². The van der Waals surface area contributed by atoms with Crippen molar-refractivity contribution in [2.24, 2.45) is 5.92 Å². The number of nitro benzene ring substituents is 1. The van der Waals surface area contributed by atoms with Gasteiger partial charge in [0.05, 0.1) is 34.2 Å². The maximum Gasteiger partial charge on any atom is 0.293 e. The zero-order valence-corrected chi connectivity index (χ0v) is 33.7. The fourth-order valence-corrected chi connectivity index (χ4v) is 9.27. The Morgan fingerprint density at radius 3 is 2.46 bits per heavy atom. The molecule has 0 radical (unpaired) electrons. The Balaban J connectivity index is 0.992. The number of nitro groups is 1. The maximum absolute atomic E-state index is 15.1. The summed E-state index contributed by atoms with van der Waals surface area (Å²) in [6, 6.07) is 26.2. The molecule has 16 heteroatoms. The number of fused-ring (bicyclic) bond motifs is 1. The second-order valence-corrected chi connectivity index (χ2v) is 17.5. The van der Waals surface area contributed by atoms with Crippen molar-refractivity contribution in [1.29, 1.82) is 0 Å². The minimum Gasteiger partial charge on any atom is -0.455 e. The third-order valence-electron chi connectivity index (χ3n) is 11.6. The molecule has 4 heterocycles. The molecule has 1 saturated carbocycles. The molecular formula is C45H42F2N6O7S. The smallest absolute Gasteiger partial charge is 0.293 e. The highest BCUT2D eigenvalue weighted by Gasteiger charge is 2.47. The number of carbonyl (C=O) groups excluding carboxylic acids is 1. The number of hydrogen-bond acceptors (Lipinski definition) is 10. The van der Waals surface area contributed by atoms with E-state index in [2.05, 4.69) is 20.0 Å². The first-order valence-corrected chi connectivity index (χ1v) is 21.7. The minimum absolute atomic E-state index is 0.000496. The van der Waals surface area contributed by atoms with Crippen molar-refractivity contribution >= 4 is 44.0 Å². The van der Waals surface area contributed by atoms with Crippen LogP contribution in [-0.2, 0) is 14.8 Å². The Hall–Kier alpha value is -6.39. The number of anilines is 2. The summed E-state index contributed by atoms with van der Waals surface area (Å²) in [4.78, 5) is 33.9. The van der Waals surface area contributed by atoms with Gasteiger partial charge in [0.15, 0.2) is 0 Å². The van der Waals surface area contributed by atoms with Crippen LogP contribution in [0.2, 0.25) is 0 Å². The lowest BCUT2D eigenvalue weighted by molar-refractivity contribution is -0.384. The number of amides is 1. The Kier molecular flexibility index (Phi) is 10.7. The number of aromatic nitrogens is 2. The van der Waals surface area contributed by atoms with Gasteiger partial charge in [-0.3, -0.25) is 14.9 Å².